The number of carbonyl (C=O) groups is 1. The summed E-state index contributed by atoms with van der Waals surface area (Å²) >= 11 is 0. The largest absolute Gasteiger partial charge is 0.360 e. The molecule has 116 valence electrons. The second kappa shape index (κ2) is 6.87. The summed E-state index contributed by atoms with van der Waals surface area (Å²) in [6.07, 6.45) is 2.51. The fraction of sp³-hybridized carbons (Fsp3) is 0.167. The molecular weight excluding hydrogens is 288 g/mol. The average Bonchev–Trinajstić information content (AvgIpc) is 2.60. The molecule has 0 unspecified atom stereocenters. The lowest BCUT2D eigenvalue weighted by molar-refractivity contribution is -0.114. The normalized spacial score (nSPS) is 10.5. The molecule has 5 nitrogen and oxygen atoms in total. The third-order valence-electron chi connectivity index (χ3n) is 3.55. The van der Waals surface area contributed by atoms with Crippen molar-refractivity contribution in [1.29, 1.82) is 0 Å². The minimum atomic E-state index is -0.110. The van der Waals surface area contributed by atoms with Crippen molar-refractivity contribution in [1.82, 2.24) is 9.97 Å². The Kier molecular flexibility index (Phi) is 4.47. The molecule has 0 aliphatic rings. The predicted octanol–water partition coefficient (Wildman–Crippen LogP) is 3.24. The van der Waals surface area contributed by atoms with Gasteiger partial charge in [0.2, 0.25) is 5.91 Å². The number of para-hydroxylation sites is 3. The van der Waals surface area contributed by atoms with Crippen LogP contribution in [-0.2, 0) is 11.2 Å². The highest BCUT2D eigenvalue weighted by molar-refractivity contribution is 5.94. The van der Waals surface area contributed by atoms with Crippen molar-refractivity contribution in [2.75, 3.05) is 17.2 Å². The van der Waals surface area contributed by atoms with Gasteiger partial charge in [0.15, 0.2) is 0 Å². The molecule has 5 heteroatoms. The summed E-state index contributed by atoms with van der Waals surface area (Å²) in [5.41, 5.74) is 3.60. The number of fused-ring (bicyclic) bond motifs is 1. The minimum Gasteiger partial charge on any atom is -0.360 e. The molecule has 1 heterocycles. The molecule has 3 rings (SSSR count). The van der Waals surface area contributed by atoms with Gasteiger partial charge < -0.3 is 10.6 Å². The standard InChI is InChI=1S/C18H18N4O/c1-2-13-7-3-4-8-14(13)22-18(23)12-20-17-11-19-15-9-5-6-10-16(15)21-17/h3-11H,2,12H2,1H3,(H,20,21)(H,22,23). The van der Waals surface area contributed by atoms with Gasteiger partial charge in [-0.05, 0) is 30.2 Å². The van der Waals surface area contributed by atoms with E-state index in [1.807, 2.05) is 48.5 Å². The van der Waals surface area contributed by atoms with Crippen LogP contribution in [0.15, 0.2) is 54.7 Å². The lowest BCUT2D eigenvalue weighted by Crippen LogP contribution is -2.22. The highest BCUT2D eigenvalue weighted by Gasteiger charge is 2.06. The smallest absolute Gasteiger partial charge is 0.243 e. The molecule has 23 heavy (non-hydrogen) atoms. The summed E-state index contributed by atoms with van der Waals surface area (Å²) in [7, 11) is 0. The van der Waals surface area contributed by atoms with E-state index < -0.39 is 0 Å². The van der Waals surface area contributed by atoms with Gasteiger partial charge in [0.05, 0.1) is 23.8 Å². The van der Waals surface area contributed by atoms with E-state index in [2.05, 4.69) is 27.5 Å². The Morgan fingerprint density at radius 1 is 1.04 bits per heavy atom. The van der Waals surface area contributed by atoms with E-state index in [0.717, 1.165) is 28.7 Å². The topological polar surface area (TPSA) is 66.9 Å². The highest BCUT2D eigenvalue weighted by atomic mass is 16.1. The number of amides is 1. The monoisotopic (exact) mass is 306 g/mol. The first-order valence-corrected chi connectivity index (χ1v) is 7.59. The van der Waals surface area contributed by atoms with Crippen LogP contribution in [0.2, 0.25) is 0 Å². The molecule has 1 amide bonds. The van der Waals surface area contributed by atoms with Crippen molar-refractivity contribution < 1.29 is 4.79 Å². The number of carbonyl (C=O) groups excluding carboxylic acids is 1. The Morgan fingerprint density at radius 3 is 2.61 bits per heavy atom. The van der Waals surface area contributed by atoms with Crippen molar-refractivity contribution >= 4 is 28.4 Å². The van der Waals surface area contributed by atoms with Gasteiger partial charge in [-0.15, -0.1) is 0 Å². The number of hydrogen-bond donors (Lipinski definition) is 2. The zero-order chi connectivity index (χ0) is 16.1. The van der Waals surface area contributed by atoms with Gasteiger partial charge >= 0.3 is 0 Å². The number of aryl methyl sites for hydroxylation is 1. The molecule has 3 aromatic rings. The first kappa shape index (κ1) is 15.0. The van der Waals surface area contributed by atoms with Crippen LogP contribution in [0.4, 0.5) is 11.5 Å². The molecule has 0 saturated heterocycles. The maximum atomic E-state index is 12.1. The van der Waals surface area contributed by atoms with Crippen LogP contribution in [-0.4, -0.2) is 22.4 Å². The van der Waals surface area contributed by atoms with Gasteiger partial charge in [-0.2, -0.15) is 0 Å². The molecule has 0 spiro atoms. The number of nitrogens with zero attached hydrogens (tertiary/aromatic N) is 2. The van der Waals surface area contributed by atoms with Crippen LogP contribution >= 0.6 is 0 Å². The summed E-state index contributed by atoms with van der Waals surface area (Å²) in [5, 5.41) is 5.93. The fourth-order valence-electron chi connectivity index (χ4n) is 2.36. The molecule has 0 aliphatic carbocycles. The molecule has 0 atom stereocenters. The van der Waals surface area contributed by atoms with E-state index >= 15 is 0 Å². The van der Waals surface area contributed by atoms with Gasteiger partial charge in [0.25, 0.3) is 0 Å². The Bertz CT molecular complexity index is 832. The lowest BCUT2D eigenvalue weighted by atomic mass is 10.1. The highest BCUT2D eigenvalue weighted by Crippen LogP contribution is 2.15. The van der Waals surface area contributed by atoms with E-state index in [0.29, 0.717) is 5.82 Å². The van der Waals surface area contributed by atoms with Gasteiger partial charge in [-0.3, -0.25) is 9.78 Å². The maximum Gasteiger partial charge on any atom is 0.243 e. The van der Waals surface area contributed by atoms with Crippen molar-refractivity contribution in [3.8, 4) is 0 Å². The number of anilines is 2. The third kappa shape index (κ3) is 3.63. The van der Waals surface area contributed by atoms with Crippen molar-refractivity contribution in [2.24, 2.45) is 0 Å². The number of hydrogen-bond acceptors (Lipinski definition) is 4. The first-order valence-electron chi connectivity index (χ1n) is 7.59. The lowest BCUT2D eigenvalue weighted by Gasteiger charge is -2.10. The average molecular weight is 306 g/mol. The molecule has 0 radical (unpaired) electrons. The molecule has 2 N–H and O–H groups in total. The number of aromatic nitrogens is 2. The summed E-state index contributed by atoms with van der Waals surface area (Å²) in [5.74, 6) is 0.475. The van der Waals surface area contributed by atoms with Crippen LogP contribution < -0.4 is 10.6 Å². The maximum absolute atomic E-state index is 12.1. The zero-order valence-electron chi connectivity index (χ0n) is 12.9. The Hall–Kier alpha value is -2.95. The van der Waals surface area contributed by atoms with Crippen molar-refractivity contribution in [2.45, 2.75) is 13.3 Å². The summed E-state index contributed by atoms with van der Waals surface area (Å²) in [4.78, 5) is 20.8. The predicted molar refractivity (Wildman–Crippen MR) is 92.5 cm³/mol. The summed E-state index contributed by atoms with van der Waals surface area (Å²) < 4.78 is 0. The zero-order valence-corrected chi connectivity index (χ0v) is 12.9. The van der Waals surface area contributed by atoms with Crippen molar-refractivity contribution in [3.05, 3.63) is 60.3 Å². The number of benzene rings is 2. The van der Waals surface area contributed by atoms with Gasteiger partial charge in [0, 0.05) is 5.69 Å². The SMILES string of the molecule is CCc1ccccc1NC(=O)CNc1cnc2ccccc2n1. The van der Waals surface area contributed by atoms with Crippen LogP contribution in [0.3, 0.4) is 0 Å². The molecule has 0 fully saturated rings. The Labute approximate surface area is 134 Å². The number of rotatable bonds is 5. The van der Waals surface area contributed by atoms with Crippen LogP contribution in [0, 0.1) is 0 Å². The van der Waals surface area contributed by atoms with Gasteiger partial charge in [-0.1, -0.05) is 37.3 Å². The molecule has 0 aliphatic heterocycles. The quantitative estimate of drug-likeness (QED) is 0.759. The van der Waals surface area contributed by atoms with Gasteiger partial charge in [-0.25, -0.2) is 4.98 Å². The van der Waals surface area contributed by atoms with E-state index in [1.54, 1.807) is 6.20 Å². The molecule has 1 aromatic heterocycles. The number of nitrogens with one attached hydrogen (secondary N) is 2. The molecule has 2 aromatic carbocycles. The summed E-state index contributed by atoms with van der Waals surface area (Å²) in [6.45, 7) is 2.21. The second-order valence-electron chi connectivity index (χ2n) is 5.16. The van der Waals surface area contributed by atoms with Gasteiger partial charge in [0.1, 0.15) is 5.82 Å². The third-order valence-corrected chi connectivity index (χ3v) is 3.55. The Morgan fingerprint density at radius 2 is 1.78 bits per heavy atom. The van der Waals surface area contributed by atoms with Crippen LogP contribution in [0.1, 0.15) is 12.5 Å². The molecule has 0 saturated carbocycles. The van der Waals surface area contributed by atoms with E-state index in [1.165, 1.54) is 0 Å². The Balaban J connectivity index is 1.63. The minimum absolute atomic E-state index is 0.110. The van der Waals surface area contributed by atoms with E-state index in [-0.39, 0.29) is 12.5 Å². The first-order chi connectivity index (χ1) is 11.3. The second-order valence-corrected chi connectivity index (χ2v) is 5.16. The molecule has 0 bridgehead atoms. The van der Waals surface area contributed by atoms with E-state index in [9.17, 15) is 4.79 Å². The summed E-state index contributed by atoms with van der Waals surface area (Å²) in [6, 6.07) is 15.4. The fourth-order valence-corrected chi connectivity index (χ4v) is 2.36. The van der Waals surface area contributed by atoms with Crippen molar-refractivity contribution in [3.63, 3.8) is 0 Å². The van der Waals surface area contributed by atoms with Crippen LogP contribution in [0.5, 0.6) is 0 Å². The molecular formula is C18H18N4O. The van der Waals surface area contributed by atoms with E-state index in [4.69, 9.17) is 0 Å². The van der Waals surface area contributed by atoms with Crippen LogP contribution in [0.25, 0.3) is 11.0 Å².